The zero-order valence-electron chi connectivity index (χ0n) is 13.6. The van der Waals surface area contributed by atoms with Crippen LogP contribution in [0.15, 0.2) is 52.7 Å². The fourth-order valence-corrected chi connectivity index (χ4v) is 3.03. The second-order valence-corrected chi connectivity index (χ2v) is 6.84. The van der Waals surface area contributed by atoms with Gasteiger partial charge in [0.15, 0.2) is 5.76 Å². The Morgan fingerprint density at radius 1 is 1.20 bits per heavy atom. The van der Waals surface area contributed by atoms with Crippen molar-refractivity contribution < 1.29 is 14.6 Å². The predicted octanol–water partition coefficient (Wildman–Crippen LogP) is 3.91. The van der Waals surface area contributed by atoms with Crippen LogP contribution in [0.4, 0.5) is 11.4 Å². The molecule has 5 nitrogen and oxygen atoms in total. The molecule has 1 aliphatic heterocycles. The summed E-state index contributed by atoms with van der Waals surface area (Å²) in [7, 11) is 3.89. The van der Waals surface area contributed by atoms with Gasteiger partial charge in [-0.05, 0) is 76.2 Å². The zero-order chi connectivity index (χ0) is 18.1. The second kappa shape index (κ2) is 6.85. The maximum absolute atomic E-state index is 12.7. The predicted molar refractivity (Wildman–Crippen MR) is 106 cm³/mol. The van der Waals surface area contributed by atoms with Gasteiger partial charge in [-0.2, -0.15) is 0 Å². The Bertz CT molecular complexity index is 878. The summed E-state index contributed by atoms with van der Waals surface area (Å²) in [6.07, 6.45) is 1.59. The van der Waals surface area contributed by atoms with Crippen LogP contribution < -0.4 is 9.80 Å². The van der Waals surface area contributed by atoms with Gasteiger partial charge in [-0.3, -0.25) is 4.79 Å². The Kier molecular flexibility index (Phi) is 4.78. The first-order valence-electron chi connectivity index (χ1n) is 7.40. The van der Waals surface area contributed by atoms with E-state index in [4.69, 9.17) is 17.0 Å². The summed E-state index contributed by atoms with van der Waals surface area (Å²) < 4.78 is 6.01. The van der Waals surface area contributed by atoms with E-state index in [-0.39, 0.29) is 22.6 Å². The van der Waals surface area contributed by atoms with Gasteiger partial charge in [0.1, 0.15) is 5.75 Å². The number of hydrogen-bond acceptors (Lipinski definition) is 5. The van der Waals surface area contributed by atoms with Crippen molar-refractivity contribution in [2.24, 2.45) is 0 Å². The lowest BCUT2D eigenvalue weighted by Crippen LogP contribution is -2.28. The number of aromatic hydroxyl groups is 1. The van der Waals surface area contributed by atoms with Gasteiger partial charge in [-0.15, -0.1) is 0 Å². The van der Waals surface area contributed by atoms with Gasteiger partial charge in [0, 0.05) is 19.8 Å². The average molecular weight is 419 g/mol. The van der Waals surface area contributed by atoms with Crippen molar-refractivity contribution >= 4 is 56.7 Å². The van der Waals surface area contributed by atoms with Crippen molar-refractivity contribution in [3.63, 3.8) is 0 Å². The highest BCUT2D eigenvalue weighted by Gasteiger charge is 2.34. The number of anilines is 2. The lowest BCUT2D eigenvalue weighted by Gasteiger charge is -2.16. The Labute approximate surface area is 159 Å². The Balaban J connectivity index is 1.89. The quantitative estimate of drug-likeness (QED) is 0.604. The van der Waals surface area contributed by atoms with E-state index >= 15 is 0 Å². The summed E-state index contributed by atoms with van der Waals surface area (Å²) in [5.74, 6) is -0.0648. The molecule has 7 heteroatoms. The number of phenolic OH excluding ortho intramolecular Hbond substituents is 1. The van der Waals surface area contributed by atoms with Crippen molar-refractivity contribution in [1.82, 2.24) is 0 Å². The topological polar surface area (TPSA) is 53.0 Å². The Morgan fingerprint density at radius 3 is 2.48 bits per heavy atom. The number of hydrogen-bond donors (Lipinski definition) is 1. The van der Waals surface area contributed by atoms with E-state index in [1.54, 1.807) is 18.2 Å². The number of carbonyl (C=O) groups is 1. The van der Waals surface area contributed by atoms with E-state index in [1.165, 1.54) is 11.0 Å². The van der Waals surface area contributed by atoms with E-state index in [0.29, 0.717) is 15.7 Å². The molecule has 0 bridgehead atoms. The lowest BCUT2D eigenvalue weighted by atomic mass is 10.2. The van der Waals surface area contributed by atoms with Gasteiger partial charge < -0.3 is 14.7 Å². The van der Waals surface area contributed by atoms with Crippen molar-refractivity contribution in [3.05, 3.63) is 58.3 Å². The summed E-state index contributed by atoms with van der Waals surface area (Å²) in [6.45, 7) is 0. The molecule has 0 radical (unpaired) electrons. The Morgan fingerprint density at radius 2 is 1.88 bits per heavy atom. The van der Waals surface area contributed by atoms with Crippen LogP contribution in [0.3, 0.4) is 0 Å². The molecule has 0 atom stereocenters. The number of rotatable bonds is 3. The number of nitrogens with zero attached hydrogens (tertiary/aromatic N) is 2. The third-order valence-electron chi connectivity index (χ3n) is 3.69. The SMILES string of the molecule is CN(C)c1ccc(N2C(=O)/C(=C\c3ccc(O)c(Br)c3)OC2=S)cc1. The van der Waals surface area contributed by atoms with E-state index in [1.807, 2.05) is 43.3 Å². The van der Waals surface area contributed by atoms with Gasteiger partial charge in [-0.1, -0.05) is 6.07 Å². The first-order chi connectivity index (χ1) is 11.9. The molecule has 1 aliphatic rings. The van der Waals surface area contributed by atoms with Gasteiger partial charge in [0.25, 0.3) is 5.17 Å². The van der Waals surface area contributed by atoms with Crippen molar-refractivity contribution in [2.45, 2.75) is 0 Å². The third-order valence-corrected chi connectivity index (χ3v) is 4.59. The average Bonchev–Trinajstić information content (AvgIpc) is 2.85. The maximum atomic E-state index is 12.7. The van der Waals surface area contributed by atoms with E-state index < -0.39 is 0 Å². The molecule has 0 spiro atoms. The lowest BCUT2D eigenvalue weighted by molar-refractivity contribution is -0.114. The highest BCUT2D eigenvalue weighted by Crippen LogP contribution is 2.29. The number of benzene rings is 2. The van der Waals surface area contributed by atoms with Crippen molar-refractivity contribution in [3.8, 4) is 5.75 Å². The van der Waals surface area contributed by atoms with Gasteiger partial charge >= 0.3 is 5.91 Å². The minimum atomic E-state index is -0.327. The summed E-state index contributed by atoms with van der Waals surface area (Å²) in [4.78, 5) is 16.0. The molecule has 1 saturated heterocycles. The number of halogens is 1. The molecule has 25 heavy (non-hydrogen) atoms. The molecule has 1 fully saturated rings. The smallest absolute Gasteiger partial charge is 0.301 e. The number of phenols is 1. The minimum Gasteiger partial charge on any atom is -0.507 e. The van der Waals surface area contributed by atoms with E-state index in [9.17, 15) is 9.90 Å². The van der Waals surface area contributed by atoms with Crippen LogP contribution in [0.25, 0.3) is 6.08 Å². The number of carbonyl (C=O) groups excluding carboxylic acids is 1. The highest BCUT2D eigenvalue weighted by atomic mass is 79.9. The van der Waals surface area contributed by atoms with Crippen molar-refractivity contribution in [1.29, 1.82) is 0 Å². The second-order valence-electron chi connectivity index (χ2n) is 5.64. The minimum absolute atomic E-state index is 0.0895. The molecule has 0 saturated carbocycles. The third kappa shape index (κ3) is 3.52. The monoisotopic (exact) mass is 418 g/mol. The van der Waals surface area contributed by atoms with Gasteiger partial charge in [0.05, 0.1) is 10.2 Å². The molecule has 1 N–H and O–H groups in total. The largest absolute Gasteiger partial charge is 0.507 e. The van der Waals surface area contributed by atoms with Crippen LogP contribution in [0, 0.1) is 0 Å². The van der Waals surface area contributed by atoms with E-state index in [0.717, 1.165) is 5.69 Å². The molecular formula is C18H15BrN2O3S. The fourth-order valence-electron chi connectivity index (χ4n) is 2.35. The van der Waals surface area contributed by atoms with Gasteiger partial charge in [0.2, 0.25) is 0 Å². The summed E-state index contributed by atoms with van der Waals surface area (Å²) in [5, 5.41) is 9.64. The number of thiocarbonyl (C=S) groups is 1. The number of amides is 1. The molecule has 2 aromatic carbocycles. The fraction of sp³-hybridized carbons (Fsp3) is 0.111. The normalized spacial score (nSPS) is 15.6. The van der Waals surface area contributed by atoms with Crippen LogP contribution >= 0.6 is 28.1 Å². The molecule has 128 valence electrons. The zero-order valence-corrected chi connectivity index (χ0v) is 16.0. The van der Waals surface area contributed by atoms with Crippen molar-refractivity contribution in [2.75, 3.05) is 23.9 Å². The molecule has 1 amide bonds. The molecule has 0 aromatic heterocycles. The van der Waals surface area contributed by atoms with Crippen LogP contribution in [0.2, 0.25) is 0 Å². The first kappa shape index (κ1) is 17.4. The summed E-state index contributed by atoms with van der Waals surface area (Å²) in [6, 6.07) is 12.4. The molecular weight excluding hydrogens is 404 g/mol. The molecule has 3 rings (SSSR count). The molecule has 0 aliphatic carbocycles. The molecule has 2 aromatic rings. The maximum Gasteiger partial charge on any atom is 0.301 e. The summed E-state index contributed by atoms with van der Waals surface area (Å²) in [5.41, 5.74) is 2.38. The van der Waals surface area contributed by atoms with E-state index in [2.05, 4.69) is 15.9 Å². The van der Waals surface area contributed by atoms with Gasteiger partial charge in [-0.25, -0.2) is 4.90 Å². The van der Waals surface area contributed by atoms with Crippen LogP contribution in [-0.4, -0.2) is 30.3 Å². The number of ether oxygens (including phenoxy) is 1. The highest BCUT2D eigenvalue weighted by molar-refractivity contribution is 9.10. The van der Waals surface area contributed by atoms with Crippen LogP contribution in [0.5, 0.6) is 5.75 Å². The molecule has 0 unspecified atom stereocenters. The van der Waals surface area contributed by atoms with Crippen LogP contribution in [-0.2, 0) is 9.53 Å². The summed E-state index contributed by atoms with van der Waals surface area (Å²) >= 11 is 8.45. The first-order valence-corrected chi connectivity index (χ1v) is 8.61. The Hall–Kier alpha value is -2.38. The standard InChI is InChI=1S/C18H15BrN2O3S/c1-20(2)12-4-6-13(7-5-12)21-17(23)16(24-18(21)25)10-11-3-8-15(22)14(19)9-11/h3-10,22H,1-2H3/b16-10+. The molecule has 1 heterocycles. The van der Waals surface area contributed by atoms with Crippen LogP contribution in [0.1, 0.15) is 5.56 Å².